The Hall–Kier alpha value is -2.15. The van der Waals surface area contributed by atoms with Crippen molar-refractivity contribution in [1.82, 2.24) is 9.88 Å². The lowest BCUT2D eigenvalue weighted by Gasteiger charge is -2.30. The Balaban J connectivity index is 2.09. The lowest BCUT2D eigenvalue weighted by atomic mass is 10.2. The smallest absolute Gasteiger partial charge is 0.334 e. The molecule has 0 aromatic carbocycles. The zero-order chi connectivity index (χ0) is 13.1. The van der Waals surface area contributed by atoms with Gasteiger partial charge in [0, 0.05) is 6.54 Å². The van der Waals surface area contributed by atoms with Gasteiger partial charge in [0.1, 0.15) is 5.69 Å². The van der Waals surface area contributed by atoms with Crippen molar-refractivity contribution in [3.05, 3.63) is 24.0 Å². The molecule has 1 amide bonds. The molecule has 1 aromatic rings. The molecule has 0 aliphatic carbocycles. The van der Waals surface area contributed by atoms with Crippen molar-refractivity contribution in [2.24, 2.45) is 0 Å². The summed E-state index contributed by atoms with van der Waals surface area (Å²) in [5.41, 5.74) is 6.20. The highest BCUT2D eigenvalue weighted by atomic mass is 16.5. The van der Waals surface area contributed by atoms with Crippen molar-refractivity contribution < 1.29 is 19.4 Å². The van der Waals surface area contributed by atoms with Crippen molar-refractivity contribution in [2.45, 2.75) is 6.10 Å². The fraction of sp³-hybridized carbons (Fsp3) is 0.364. The monoisotopic (exact) mass is 251 g/mol. The highest BCUT2D eigenvalue weighted by Gasteiger charge is 2.29. The van der Waals surface area contributed by atoms with Gasteiger partial charge in [0.25, 0.3) is 5.91 Å². The molecule has 3 N–H and O–H groups in total. The first kappa shape index (κ1) is 12.3. The van der Waals surface area contributed by atoms with Crippen LogP contribution in [0.2, 0.25) is 0 Å². The molecule has 1 aliphatic rings. The molecule has 1 unspecified atom stereocenters. The molecule has 96 valence electrons. The Morgan fingerprint density at radius 2 is 2.28 bits per heavy atom. The number of nitrogen functional groups attached to an aromatic ring is 1. The number of rotatable bonds is 2. The number of carboxylic acid groups (broad SMARTS) is 1. The van der Waals surface area contributed by atoms with Crippen LogP contribution in [0, 0.1) is 0 Å². The third-order valence-electron chi connectivity index (χ3n) is 2.63. The van der Waals surface area contributed by atoms with Crippen molar-refractivity contribution in [2.75, 3.05) is 25.4 Å². The lowest BCUT2D eigenvalue weighted by molar-refractivity contribution is -0.154. The third-order valence-corrected chi connectivity index (χ3v) is 2.63. The number of anilines is 1. The van der Waals surface area contributed by atoms with Crippen molar-refractivity contribution >= 4 is 17.6 Å². The average molecular weight is 251 g/mol. The minimum Gasteiger partial charge on any atom is -0.479 e. The lowest BCUT2D eigenvalue weighted by Crippen LogP contribution is -2.48. The van der Waals surface area contributed by atoms with Gasteiger partial charge in [-0.1, -0.05) is 0 Å². The largest absolute Gasteiger partial charge is 0.479 e. The van der Waals surface area contributed by atoms with Gasteiger partial charge in [-0.05, 0) is 12.1 Å². The van der Waals surface area contributed by atoms with E-state index in [-0.39, 0.29) is 24.8 Å². The summed E-state index contributed by atoms with van der Waals surface area (Å²) in [5, 5.41) is 8.85. The molecule has 1 aromatic heterocycles. The summed E-state index contributed by atoms with van der Waals surface area (Å²) in [5.74, 6) is -1.39. The molecule has 1 aliphatic heterocycles. The van der Waals surface area contributed by atoms with Crippen LogP contribution < -0.4 is 5.73 Å². The molecule has 1 saturated heterocycles. The molecule has 2 rings (SSSR count). The SMILES string of the molecule is Nc1ccc(C(=O)N2CCOC(C(=O)O)C2)nc1. The van der Waals surface area contributed by atoms with Crippen molar-refractivity contribution in [3.63, 3.8) is 0 Å². The van der Waals surface area contributed by atoms with E-state index in [2.05, 4.69) is 4.98 Å². The maximum absolute atomic E-state index is 12.1. The number of aromatic nitrogens is 1. The normalized spacial score (nSPS) is 19.6. The van der Waals surface area contributed by atoms with E-state index in [1.165, 1.54) is 17.2 Å². The quantitative estimate of drug-likeness (QED) is 0.740. The van der Waals surface area contributed by atoms with Gasteiger partial charge >= 0.3 is 5.97 Å². The number of morpholine rings is 1. The molecule has 7 heteroatoms. The summed E-state index contributed by atoms with van der Waals surface area (Å²) in [6, 6.07) is 3.10. The second-order valence-corrected chi connectivity index (χ2v) is 3.93. The summed E-state index contributed by atoms with van der Waals surface area (Å²) < 4.78 is 5.04. The second-order valence-electron chi connectivity index (χ2n) is 3.93. The molecular weight excluding hydrogens is 238 g/mol. The Morgan fingerprint density at radius 1 is 1.50 bits per heavy atom. The minimum atomic E-state index is -1.07. The number of hydrogen-bond acceptors (Lipinski definition) is 5. The molecule has 1 fully saturated rings. The molecule has 2 heterocycles. The van der Waals surface area contributed by atoms with Crippen LogP contribution in [-0.2, 0) is 9.53 Å². The fourth-order valence-electron chi connectivity index (χ4n) is 1.68. The van der Waals surface area contributed by atoms with Crippen LogP contribution in [0.4, 0.5) is 5.69 Å². The molecule has 7 nitrogen and oxygen atoms in total. The topological polar surface area (TPSA) is 106 Å². The van der Waals surface area contributed by atoms with Crippen LogP contribution in [0.5, 0.6) is 0 Å². The van der Waals surface area contributed by atoms with Crippen LogP contribution in [0.25, 0.3) is 0 Å². The first-order valence-electron chi connectivity index (χ1n) is 5.43. The molecule has 0 radical (unpaired) electrons. The standard InChI is InChI=1S/C11H13N3O4/c12-7-1-2-8(13-5-7)10(15)14-3-4-18-9(6-14)11(16)17/h1-2,5,9H,3-4,6,12H2,(H,16,17). The van der Waals surface area contributed by atoms with E-state index in [9.17, 15) is 9.59 Å². The zero-order valence-electron chi connectivity index (χ0n) is 9.57. The number of pyridine rings is 1. The number of aliphatic carboxylic acids is 1. The fourth-order valence-corrected chi connectivity index (χ4v) is 1.68. The van der Waals surface area contributed by atoms with Gasteiger partial charge < -0.3 is 20.5 Å². The summed E-state index contributed by atoms with van der Waals surface area (Å²) in [6.45, 7) is 0.590. The number of nitrogens with two attached hydrogens (primary N) is 1. The van der Waals surface area contributed by atoms with Gasteiger partial charge in [-0.25, -0.2) is 9.78 Å². The van der Waals surface area contributed by atoms with Crippen LogP contribution in [0.3, 0.4) is 0 Å². The minimum absolute atomic E-state index is 0.0280. The molecule has 1 atom stereocenters. The van der Waals surface area contributed by atoms with E-state index >= 15 is 0 Å². The van der Waals surface area contributed by atoms with Crippen LogP contribution in [0.15, 0.2) is 18.3 Å². The maximum Gasteiger partial charge on any atom is 0.334 e. The van der Waals surface area contributed by atoms with Crippen LogP contribution >= 0.6 is 0 Å². The predicted molar refractivity (Wildman–Crippen MR) is 61.9 cm³/mol. The van der Waals surface area contributed by atoms with Crippen LogP contribution in [0.1, 0.15) is 10.5 Å². The maximum atomic E-state index is 12.1. The zero-order valence-corrected chi connectivity index (χ0v) is 9.57. The van der Waals surface area contributed by atoms with E-state index in [1.807, 2.05) is 0 Å². The summed E-state index contributed by atoms with van der Waals surface area (Å²) in [4.78, 5) is 28.2. The first-order valence-corrected chi connectivity index (χ1v) is 5.43. The molecule has 0 bridgehead atoms. The summed E-state index contributed by atoms with van der Waals surface area (Å²) in [6.07, 6.45) is 0.416. The molecule has 0 saturated carbocycles. The molecular formula is C11H13N3O4. The Kier molecular flexibility index (Phi) is 3.42. The van der Waals surface area contributed by atoms with Crippen molar-refractivity contribution in [3.8, 4) is 0 Å². The first-order chi connectivity index (χ1) is 8.58. The highest BCUT2D eigenvalue weighted by molar-refractivity contribution is 5.93. The van der Waals surface area contributed by atoms with Gasteiger partial charge in [0.05, 0.1) is 25.0 Å². The Morgan fingerprint density at radius 3 is 2.89 bits per heavy atom. The third kappa shape index (κ3) is 2.57. The van der Waals surface area contributed by atoms with Gasteiger partial charge in [-0.3, -0.25) is 4.79 Å². The van der Waals surface area contributed by atoms with E-state index in [1.54, 1.807) is 6.07 Å². The Labute approximate surface area is 103 Å². The molecule has 18 heavy (non-hydrogen) atoms. The average Bonchev–Trinajstić information content (AvgIpc) is 2.39. The number of nitrogens with zero attached hydrogens (tertiary/aromatic N) is 2. The van der Waals surface area contributed by atoms with E-state index in [0.717, 1.165) is 0 Å². The number of carboxylic acids is 1. The summed E-state index contributed by atoms with van der Waals surface area (Å²) >= 11 is 0. The summed E-state index contributed by atoms with van der Waals surface area (Å²) in [7, 11) is 0. The van der Waals surface area contributed by atoms with Gasteiger partial charge in [-0.2, -0.15) is 0 Å². The predicted octanol–water partition coefficient (Wildman–Crippen LogP) is -0.411. The van der Waals surface area contributed by atoms with E-state index < -0.39 is 12.1 Å². The van der Waals surface area contributed by atoms with Gasteiger partial charge in [-0.15, -0.1) is 0 Å². The van der Waals surface area contributed by atoms with E-state index in [0.29, 0.717) is 12.2 Å². The van der Waals surface area contributed by atoms with Gasteiger partial charge in [0.2, 0.25) is 0 Å². The number of carbonyl (C=O) groups excluding carboxylic acids is 1. The molecule has 0 spiro atoms. The number of hydrogen-bond donors (Lipinski definition) is 2. The van der Waals surface area contributed by atoms with E-state index in [4.69, 9.17) is 15.6 Å². The van der Waals surface area contributed by atoms with Crippen LogP contribution in [-0.4, -0.2) is 52.7 Å². The van der Waals surface area contributed by atoms with Crippen molar-refractivity contribution in [1.29, 1.82) is 0 Å². The number of amides is 1. The number of ether oxygens (including phenoxy) is 1. The Bertz CT molecular complexity index is 460. The number of carbonyl (C=O) groups is 2. The highest BCUT2D eigenvalue weighted by Crippen LogP contribution is 2.10. The second kappa shape index (κ2) is 5.01. The van der Waals surface area contributed by atoms with Gasteiger partial charge in [0.15, 0.2) is 6.10 Å².